The van der Waals surface area contributed by atoms with E-state index in [9.17, 15) is 13.2 Å². The fourth-order valence-corrected chi connectivity index (χ4v) is 4.59. The molecule has 1 unspecified atom stereocenters. The van der Waals surface area contributed by atoms with Crippen molar-refractivity contribution in [1.82, 2.24) is 4.90 Å². The molecular weight excluding hydrogens is 381 g/mol. The minimum Gasteiger partial charge on any atom is -0.323 e. The van der Waals surface area contributed by atoms with Crippen LogP contribution in [0, 0.1) is 0 Å². The van der Waals surface area contributed by atoms with Crippen LogP contribution in [0.5, 0.6) is 0 Å². The Morgan fingerprint density at radius 2 is 1.68 bits per heavy atom. The van der Waals surface area contributed by atoms with Crippen LogP contribution in [-0.2, 0) is 6.18 Å². The zero-order valence-electron chi connectivity index (χ0n) is 15.7. The molecule has 148 valence electrons. The monoisotopic (exact) mass is 404 g/mol. The lowest BCUT2D eigenvalue weighted by Gasteiger charge is -2.43. The minimum absolute atomic E-state index is 0.125. The summed E-state index contributed by atoms with van der Waals surface area (Å²) in [5.41, 5.74) is 0.873. The Balaban J connectivity index is 2.17. The largest absolute Gasteiger partial charge is 0.416 e. The molecule has 28 heavy (non-hydrogen) atoms. The fraction of sp³-hybridized carbons (Fsp3) is 0.273. The maximum absolute atomic E-state index is 13.4. The molecule has 0 aromatic heterocycles. The van der Waals surface area contributed by atoms with Gasteiger partial charge in [-0.15, -0.1) is 13.2 Å². The van der Waals surface area contributed by atoms with Gasteiger partial charge in [0.1, 0.15) is 0 Å². The predicted octanol–water partition coefficient (Wildman–Crippen LogP) is 6.72. The van der Waals surface area contributed by atoms with Gasteiger partial charge in [-0.3, -0.25) is 4.90 Å². The number of hydrogen-bond acceptors (Lipinski definition) is 3. The van der Waals surface area contributed by atoms with Gasteiger partial charge in [-0.1, -0.05) is 43.0 Å². The summed E-state index contributed by atoms with van der Waals surface area (Å²) in [5, 5.41) is 0. The molecule has 1 aliphatic heterocycles. The summed E-state index contributed by atoms with van der Waals surface area (Å²) in [6.45, 7) is 10.9. The molecule has 0 fully saturated rings. The molecule has 1 aliphatic rings. The lowest BCUT2D eigenvalue weighted by Crippen LogP contribution is -2.47. The summed E-state index contributed by atoms with van der Waals surface area (Å²) < 4.78 is 40.2. The van der Waals surface area contributed by atoms with E-state index in [1.54, 1.807) is 6.07 Å². The van der Waals surface area contributed by atoms with E-state index < -0.39 is 11.7 Å². The maximum Gasteiger partial charge on any atom is 0.416 e. The number of alkyl halides is 3. The highest BCUT2D eigenvalue weighted by molar-refractivity contribution is 7.99. The molecule has 0 amide bonds. The van der Waals surface area contributed by atoms with Crippen molar-refractivity contribution in [3.63, 3.8) is 0 Å². The molecule has 0 aliphatic carbocycles. The fourth-order valence-electron chi connectivity index (χ4n) is 3.53. The second-order valence-electron chi connectivity index (χ2n) is 6.54. The molecule has 1 heterocycles. The van der Waals surface area contributed by atoms with E-state index in [0.29, 0.717) is 18.8 Å². The molecule has 0 bridgehead atoms. The van der Waals surface area contributed by atoms with Crippen molar-refractivity contribution in [2.24, 2.45) is 0 Å². The Morgan fingerprint density at radius 3 is 2.29 bits per heavy atom. The standard InChI is InChI=1S/C22H23F3N2S/c1-4-13-26(14-5-2)21(6-3)27-17-9-7-8-10-19(17)28-20-12-11-16(15-18(20)27)22(23,24)25/h4-5,7-12,15,21H,1-2,6,13-14H2,3H3. The number of benzene rings is 2. The van der Waals surface area contributed by atoms with Crippen LogP contribution in [0.15, 0.2) is 77.6 Å². The van der Waals surface area contributed by atoms with Crippen molar-refractivity contribution in [1.29, 1.82) is 0 Å². The van der Waals surface area contributed by atoms with Gasteiger partial charge in [0.25, 0.3) is 0 Å². The van der Waals surface area contributed by atoms with E-state index in [1.807, 2.05) is 48.2 Å². The van der Waals surface area contributed by atoms with Crippen LogP contribution in [0.3, 0.4) is 0 Å². The molecule has 0 saturated carbocycles. The van der Waals surface area contributed by atoms with Gasteiger partial charge in [0, 0.05) is 22.9 Å². The van der Waals surface area contributed by atoms with Gasteiger partial charge in [-0.2, -0.15) is 13.2 Å². The third kappa shape index (κ3) is 3.98. The molecule has 1 atom stereocenters. The molecule has 2 nitrogen and oxygen atoms in total. The van der Waals surface area contributed by atoms with E-state index in [0.717, 1.165) is 28.0 Å². The first kappa shape index (κ1) is 20.6. The van der Waals surface area contributed by atoms with Crippen molar-refractivity contribution in [2.75, 3.05) is 18.0 Å². The summed E-state index contributed by atoms with van der Waals surface area (Å²) in [5.74, 6) is 0. The third-order valence-electron chi connectivity index (χ3n) is 4.70. The Hall–Kier alpha value is -2.18. The van der Waals surface area contributed by atoms with Gasteiger partial charge in [-0.05, 0) is 36.8 Å². The van der Waals surface area contributed by atoms with Crippen LogP contribution < -0.4 is 4.90 Å². The van der Waals surface area contributed by atoms with Crippen molar-refractivity contribution in [2.45, 2.75) is 35.5 Å². The number of anilines is 2. The third-order valence-corrected chi connectivity index (χ3v) is 5.83. The summed E-state index contributed by atoms with van der Waals surface area (Å²) in [7, 11) is 0. The molecular formula is C22H23F3N2S. The van der Waals surface area contributed by atoms with Crippen LogP contribution in [0.2, 0.25) is 0 Å². The summed E-state index contributed by atoms with van der Waals surface area (Å²) in [6, 6.07) is 11.8. The average molecular weight is 405 g/mol. The second kappa shape index (κ2) is 8.45. The predicted molar refractivity (Wildman–Crippen MR) is 110 cm³/mol. The molecule has 0 radical (unpaired) electrons. The lowest BCUT2D eigenvalue weighted by molar-refractivity contribution is -0.137. The minimum atomic E-state index is -4.38. The van der Waals surface area contributed by atoms with Crippen LogP contribution in [-0.4, -0.2) is 24.2 Å². The SMILES string of the molecule is C=CCN(CC=C)C(CC)N1c2ccccc2Sc2ccc(C(F)(F)F)cc21. The first-order valence-corrected chi connectivity index (χ1v) is 9.95. The van der Waals surface area contributed by atoms with Gasteiger partial charge in [-0.25, -0.2) is 0 Å². The van der Waals surface area contributed by atoms with Crippen molar-refractivity contribution in [3.05, 3.63) is 73.3 Å². The van der Waals surface area contributed by atoms with Gasteiger partial charge in [0.05, 0.1) is 23.1 Å². The van der Waals surface area contributed by atoms with E-state index in [4.69, 9.17) is 0 Å². The molecule has 6 heteroatoms. The normalized spacial score (nSPS) is 14.4. The quantitative estimate of drug-likeness (QED) is 0.473. The average Bonchev–Trinajstić information content (AvgIpc) is 2.67. The summed E-state index contributed by atoms with van der Waals surface area (Å²) in [4.78, 5) is 6.05. The number of fused-ring (bicyclic) bond motifs is 2. The van der Waals surface area contributed by atoms with Crippen molar-refractivity contribution < 1.29 is 13.2 Å². The Bertz CT molecular complexity index is 853. The molecule has 0 saturated heterocycles. The number of rotatable bonds is 7. The summed E-state index contributed by atoms with van der Waals surface area (Å²) in [6.07, 6.45) is -0.157. The van der Waals surface area contributed by atoms with E-state index >= 15 is 0 Å². The molecule has 0 N–H and O–H groups in total. The first-order chi connectivity index (χ1) is 13.4. The van der Waals surface area contributed by atoms with Gasteiger partial charge >= 0.3 is 6.18 Å². The Morgan fingerprint density at radius 1 is 1.04 bits per heavy atom. The van der Waals surface area contributed by atoms with Gasteiger partial charge in [0.15, 0.2) is 0 Å². The van der Waals surface area contributed by atoms with Crippen molar-refractivity contribution >= 4 is 23.1 Å². The highest BCUT2D eigenvalue weighted by Crippen LogP contribution is 2.50. The maximum atomic E-state index is 13.4. The highest BCUT2D eigenvalue weighted by atomic mass is 32.2. The van der Waals surface area contributed by atoms with E-state index in [-0.39, 0.29) is 6.17 Å². The first-order valence-electron chi connectivity index (χ1n) is 9.13. The number of hydrogen-bond donors (Lipinski definition) is 0. The van der Waals surface area contributed by atoms with Crippen LogP contribution >= 0.6 is 11.8 Å². The molecule has 3 rings (SSSR count). The topological polar surface area (TPSA) is 6.48 Å². The number of halogens is 3. The molecule has 2 aromatic rings. The number of nitrogens with zero attached hydrogens (tertiary/aromatic N) is 2. The summed E-state index contributed by atoms with van der Waals surface area (Å²) >= 11 is 1.50. The zero-order chi connectivity index (χ0) is 20.3. The van der Waals surface area contributed by atoms with Crippen LogP contribution in [0.25, 0.3) is 0 Å². The second-order valence-corrected chi connectivity index (χ2v) is 7.62. The van der Waals surface area contributed by atoms with E-state index in [1.165, 1.54) is 17.8 Å². The highest BCUT2D eigenvalue weighted by Gasteiger charge is 2.35. The van der Waals surface area contributed by atoms with Crippen LogP contribution in [0.4, 0.5) is 24.5 Å². The van der Waals surface area contributed by atoms with Gasteiger partial charge < -0.3 is 4.90 Å². The smallest absolute Gasteiger partial charge is 0.323 e. The van der Waals surface area contributed by atoms with E-state index in [2.05, 4.69) is 18.1 Å². The lowest BCUT2D eigenvalue weighted by atomic mass is 10.1. The zero-order valence-corrected chi connectivity index (χ0v) is 16.6. The van der Waals surface area contributed by atoms with Crippen molar-refractivity contribution in [3.8, 4) is 0 Å². The van der Waals surface area contributed by atoms with Crippen LogP contribution in [0.1, 0.15) is 18.9 Å². The molecule has 2 aromatic carbocycles. The Labute approximate surface area is 168 Å². The number of para-hydroxylation sites is 1. The Kier molecular flexibility index (Phi) is 6.20. The van der Waals surface area contributed by atoms with Gasteiger partial charge in [0.2, 0.25) is 0 Å². The molecule has 0 spiro atoms.